The summed E-state index contributed by atoms with van der Waals surface area (Å²) in [5.74, 6) is -2.56. The highest BCUT2D eigenvalue weighted by molar-refractivity contribution is 9.10. The van der Waals surface area contributed by atoms with Crippen LogP contribution in [0.25, 0.3) is 0 Å². The van der Waals surface area contributed by atoms with Crippen molar-refractivity contribution in [1.82, 2.24) is 5.32 Å². The molecule has 1 amide bonds. The molecule has 25 heavy (non-hydrogen) atoms. The molecule has 1 rings (SSSR count). The molecule has 0 heterocycles. The molecule has 0 spiro atoms. The maximum absolute atomic E-state index is 12.5. The zero-order chi connectivity index (χ0) is 19.1. The molecule has 1 atom stereocenters. The summed E-state index contributed by atoms with van der Waals surface area (Å²) in [6.45, 7) is 0. The predicted molar refractivity (Wildman–Crippen MR) is 89.6 cm³/mol. The largest absolute Gasteiger partial charge is 0.493 e. The number of methoxy groups -OCH3 is 3. The van der Waals surface area contributed by atoms with Crippen molar-refractivity contribution in [3.8, 4) is 17.2 Å². The number of carbonyl (C=O) groups excluding carboxylic acids is 1. The molecule has 0 saturated carbocycles. The van der Waals surface area contributed by atoms with Gasteiger partial charge in [0.2, 0.25) is 5.75 Å². The highest BCUT2D eigenvalue weighted by Gasteiger charge is 2.26. The van der Waals surface area contributed by atoms with Gasteiger partial charge in [0.15, 0.2) is 11.5 Å². The van der Waals surface area contributed by atoms with Crippen molar-refractivity contribution in [2.45, 2.75) is 18.9 Å². The number of halogens is 1. The summed E-state index contributed by atoms with van der Waals surface area (Å²) in [5, 5.41) is 20.1. The molecule has 1 aromatic rings. The van der Waals surface area contributed by atoms with Crippen LogP contribution in [0, 0.1) is 0 Å². The van der Waals surface area contributed by atoms with Gasteiger partial charge < -0.3 is 29.7 Å². The number of rotatable bonds is 9. The van der Waals surface area contributed by atoms with E-state index in [0.717, 1.165) is 0 Å². The third kappa shape index (κ3) is 4.99. The summed E-state index contributed by atoms with van der Waals surface area (Å²) in [6.07, 6.45) is -0.647. The van der Waals surface area contributed by atoms with E-state index in [0.29, 0.717) is 0 Å². The van der Waals surface area contributed by atoms with Gasteiger partial charge in [0.1, 0.15) is 6.04 Å². The summed E-state index contributed by atoms with van der Waals surface area (Å²) >= 11 is 3.22. The zero-order valence-electron chi connectivity index (χ0n) is 13.8. The van der Waals surface area contributed by atoms with E-state index in [4.69, 9.17) is 24.4 Å². The fourth-order valence-corrected chi connectivity index (χ4v) is 2.68. The Kier molecular flexibility index (Phi) is 7.49. The monoisotopic (exact) mass is 419 g/mol. The molecule has 10 heteroatoms. The van der Waals surface area contributed by atoms with E-state index >= 15 is 0 Å². The number of ether oxygens (including phenoxy) is 3. The standard InChI is InChI=1S/C15H18BrNO8/c1-23-9-6-7(11(16)13(25-3)12(9)24-2)14(20)17-8(15(21)22)4-5-10(18)19/h6,8H,4-5H2,1-3H3,(H,17,20)(H,18,19)(H,21,22). The van der Waals surface area contributed by atoms with E-state index in [-0.39, 0.29) is 33.7 Å². The number of amides is 1. The van der Waals surface area contributed by atoms with Crippen LogP contribution in [0.15, 0.2) is 10.5 Å². The average Bonchev–Trinajstić information content (AvgIpc) is 2.57. The fraction of sp³-hybridized carbons (Fsp3) is 0.400. The zero-order valence-corrected chi connectivity index (χ0v) is 15.4. The van der Waals surface area contributed by atoms with Gasteiger partial charge >= 0.3 is 11.9 Å². The maximum atomic E-state index is 12.5. The van der Waals surface area contributed by atoms with Gasteiger partial charge in [0.05, 0.1) is 31.4 Å². The molecule has 0 aliphatic carbocycles. The first-order valence-electron chi connectivity index (χ1n) is 7.00. The van der Waals surface area contributed by atoms with Gasteiger partial charge in [-0.1, -0.05) is 0 Å². The van der Waals surface area contributed by atoms with Gasteiger partial charge in [0, 0.05) is 6.42 Å². The van der Waals surface area contributed by atoms with Gasteiger partial charge in [0.25, 0.3) is 5.91 Å². The predicted octanol–water partition coefficient (Wildman–Crippen LogP) is 1.52. The number of hydrogen-bond donors (Lipinski definition) is 3. The third-order valence-electron chi connectivity index (χ3n) is 3.26. The summed E-state index contributed by atoms with van der Waals surface area (Å²) < 4.78 is 15.8. The van der Waals surface area contributed by atoms with Crippen LogP contribution in [-0.2, 0) is 9.59 Å². The van der Waals surface area contributed by atoms with Crippen LogP contribution < -0.4 is 19.5 Å². The topological polar surface area (TPSA) is 131 Å². The Morgan fingerprint density at radius 1 is 1.12 bits per heavy atom. The van der Waals surface area contributed by atoms with Gasteiger partial charge in [-0.15, -0.1) is 0 Å². The lowest BCUT2D eigenvalue weighted by Crippen LogP contribution is -2.41. The first-order valence-corrected chi connectivity index (χ1v) is 7.80. The summed E-state index contributed by atoms with van der Waals surface area (Å²) in [4.78, 5) is 34.3. The van der Waals surface area contributed by atoms with Crippen LogP contribution in [0.3, 0.4) is 0 Å². The van der Waals surface area contributed by atoms with Gasteiger partial charge in [-0.25, -0.2) is 4.79 Å². The van der Waals surface area contributed by atoms with Gasteiger partial charge in [-0.2, -0.15) is 0 Å². The minimum Gasteiger partial charge on any atom is -0.493 e. The first-order chi connectivity index (χ1) is 11.8. The van der Waals surface area contributed by atoms with Crippen molar-refractivity contribution in [2.75, 3.05) is 21.3 Å². The Bertz CT molecular complexity index is 676. The van der Waals surface area contributed by atoms with E-state index in [1.165, 1.54) is 27.4 Å². The molecule has 3 N–H and O–H groups in total. The molecule has 1 aromatic carbocycles. The third-order valence-corrected chi connectivity index (χ3v) is 4.05. The van der Waals surface area contributed by atoms with Crippen LogP contribution in [0.5, 0.6) is 17.2 Å². The second-order valence-electron chi connectivity index (χ2n) is 4.80. The van der Waals surface area contributed by atoms with E-state index in [2.05, 4.69) is 21.2 Å². The average molecular weight is 420 g/mol. The van der Waals surface area contributed by atoms with Crippen LogP contribution >= 0.6 is 15.9 Å². The maximum Gasteiger partial charge on any atom is 0.326 e. The first kappa shape index (κ1) is 20.6. The lowest BCUT2D eigenvalue weighted by molar-refractivity contribution is -0.140. The minimum atomic E-state index is -1.35. The molecule has 9 nitrogen and oxygen atoms in total. The fourth-order valence-electron chi connectivity index (χ4n) is 2.05. The van der Waals surface area contributed by atoms with Crippen molar-refractivity contribution in [1.29, 1.82) is 0 Å². The lowest BCUT2D eigenvalue weighted by Gasteiger charge is -2.18. The molecule has 0 aliphatic heterocycles. The molecule has 0 bridgehead atoms. The van der Waals surface area contributed by atoms with E-state index in [9.17, 15) is 14.4 Å². The summed E-state index contributed by atoms with van der Waals surface area (Å²) in [6, 6.07) is 0.00578. The molecule has 0 fully saturated rings. The Labute approximate surface area is 152 Å². The van der Waals surface area contributed by atoms with Crippen LogP contribution in [0.4, 0.5) is 0 Å². The molecule has 0 radical (unpaired) electrons. The second kappa shape index (κ2) is 9.11. The van der Waals surface area contributed by atoms with E-state index in [1.807, 2.05) is 0 Å². The number of carboxylic acids is 2. The molecular formula is C15H18BrNO8. The van der Waals surface area contributed by atoms with Crippen molar-refractivity contribution in [2.24, 2.45) is 0 Å². The summed E-state index contributed by atoms with van der Waals surface area (Å²) in [5.41, 5.74) is 0.0519. The van der Waals surface area contributed by atoms with Crippen LogP contribution in [0.2, 0.25) is 0 Å². The number of aliphatic carboxylic acids is 2. The molecule has 0 saturated heterocycles. The van der Waals surface area contributed by atoms with Gasteiger partial charge in [-0.3, -0.25) is 9.59 Å². The van der Waals surface area contributed by atoms with Gasteiger partial charge in [-0.05, 0) is 28.4 Å². The number of carboxylic acid groups (broad SMARTS) is 2. The number of benzene rings is 1. The SMILES string of the molecule is COc1cc(C(=O)NC(CCC(=O)O)C(=O)O)c(Br)c(OC)c1OC. The highest BCUT2D eigenvalue weighted by atomic mass is 79.9. The Morgan fingerprint density at radius 3 is 2.16 bits per heavy atom. The van der Waals surface area contributed by atoms with Crippen molar-refractivity contribution in [3.05, 3.63) is 16.1 Å². The number of nitrogens with one attached hydrogen (secondary N) is 1. The quantitative estimate of drug-likeness (QED) is 0.548. The lowest BCUT2D eigenvalue weighted by atomic mass is 10.1. The van der Waals surface area contributed by atoms with Crippen molar-refractivity contribution >= 4 is 33.8 Å². The smallest absolute Gasteiger partial charge is 0.326 e. The van der Waals surface area contributed by atoms with E-state index in [1.54, 1.807) is 0 Å². The van der Waals surface area contributed by atoms with Crippen molar-refractivity contribution < 1.29 is 38.8 Å². The number of hydrogen-bond acceptors (Lipinski definition) is 6. The molecule has 138 valence electrons. The highest BCUT2D eigenvalue weighted by Crippen LogP contribution is 2.44. The van der Waals surface area contributed by atoms with E-state index < -0.39 is 30.3 Å². The molecular weight excluding hydrogens is 402 g/mol. The van der Waals surface area contributed by atoms with Crippen LogP contribution in [-0.4, -0.2) is 55.4 Å². The van der Waals surface area contributed by atoms with Crippen LogP contribution in [0.1, 0.15) is 23.2 Å². The Hall–Kier alpha value is -2.49. The number of carbonyl (C=O) groups is 3. The second-order valence-corrected chi connectivity index (χ2v) is 5.60. The Morgan fingerprint density at radius 2 is 1.72 bits per heavy atom. The molecule has 0 aliphatic rings. The van der Waals surface area contributed by atoms with Crippen molar-refractivity contribution in [3.63, 3.8) is 0 Å². The molecule has 1 unspecified atom stereocenters. The Balaban J connectivity index is 3.19. The normalized spacial score (nSPS) is 11.4. The summed E-state index contributed by atoms with van der Waals surface area (Å²) in [7, 11) is 4.15. The minimum absolute atomic E-state index is 0.0519. The molecule has 0 aromatic heterocycles.